The molecule has 0 saturated heterocycles. The molecule has 0 saturated carbocycles. The zero-order valence-electron chi connectivity index (χ0n) is 39.4. The lowest BCUT2D eigenvalue weighted by Crippen LogP contribution is -2.36. The van der Waals surface area contributed by atoms with Crippen molar-refractivity contribution in [1.29, 1.82) is 0 Å². The van der Waals surface area contributed by atoms with Crippen molar-refractivity contribution in [1.82, 2.24) is 39.5 Å². The number of benzene rings is 2. The summed E-state index contributed by atoms with van der Waals surface area (Å²) in [5, 5.41) is 26.8. The number of nitrogens with zero attached hydrogens (tertiary/aromatic N) is 8. The first-order chi connectivity index (χ1) is 33.2. The van der Waals surface area contributed by atoms with Gasteiger partial charge in [0.25, 0.3) is 21.6 Å². The molecule has 0 bridgehead atoms. The van der Waals surface area contributed by atoms with E-state index in [2.05, 4.69) is 45.9 Å². The van der Waals surface area contributed by atoms with E-state index in [0.29, 0.717) is 17.6 Å². The second-order valence-corrected chi connectivity index (χ2v) is 19.3. The van der Waals surface area contributed by atoms with Gasteiger partial charge in [0.05, 0.1) is 30.8 Å². The summed E-state index contributed by atoms with van der Waals surface area (Å²) >= 11 is 11.7. The smallest absolute Gasteiger partial charge is 0.335 e. The molecule has 3 heterocycles. The van der Waals surface area contributed by atoms with Gasteiger partial charge in [-0.3, -0.25) is 29.6 Å². The van der Waals surface area contributed by atoms with Crippen LogP contribution in [0.3, 0.4) is 0 Å². The van der Waals surface area contributed by atoms with Crippen molar-refractivity contribution in [2.75, 3.05) is 69.4 Å². The van der Waals surface area contributed by atoms with E-state index in [1.807, 2.05) is 26.8 Å². The van der Waals surface area contributed by atoms with Gasteiger partial charge in [0.1, 0.15) is 28.3 Å². The van der Waals surface area contributed by atoms with E-state index in [1.54, 1.807) is 29.0 Å². The highest BCUT2D eigenvalue weighted by Gasteiger charge is 2.27. The zero-order chi connectivity index (χ0) is 53.6. The Kier molecular flexibility index (Phi) is 24.0. The number of anilines is 4. The summed E-state index contributed by atoms with van der Waals surface area (Å²) in [6.45, 7) is 7.91. The van der Waals surface area contributed by atoms with Crippen molar-refractivity contribution in [3.05, 3.63) is 92.8 Å². The number of amides is 3. The Labute approximate surface area is 417 Å². The maximum absolute atomic E-state index is 12.5. The molecular formula is C40H53Cl2N14O13PS. The topological polar surface area (TPSA) is 394 Å². The Morgan fingerprint density at radius 3 is 2.07 bits per heavy atom. The Hall–Kier alpha value is -7.23. The molecule has 2 atom stereocenters. The minimum atomic E-state index is -4.46. The van der Waals surface area contributed by atoms with E-state index in [9.17, 15) is 37.5 Å². The summed E-state index contributed by atoms with van der Waals surface area (Å²) in [5.41, 5.74) is 10.2. The maximum atomic E-state index is 12.5. The third kappa shape index (κ3) is 21.1. The molecule has 0 spiro atoms. The van der Waals surface area contributed by atoms with Gasteiger partial charge < -0.3 is 51.2 Å². The molecule has 0 fully saturated rings. The van der Waals surface area contributed by atoms with E-state index in [4.69, 9.17) is 58.9 Å². The van der Waals surface area contributed by atoms with Gasteiger partial charge in [-0.25, -0.2) is 14.5 Å². The quantitative estimate of drug-likeness (QED) is 0.0257. The highest BCUT2D eigenvalue weighted by Crippen LogP contribution is 2.39. The van der Waals surface area contributed by atoms with Crippen molar-refractivity contribution in [2.24, 2.45) is 5.73 Å². The highest BCUT2D eigenvalue weighted by atomic mass is 35.5. The predicted octanol–water partition coefficient (Wildman–Crippen LogP) is 5.19. The number of nitrogens with one attached hydrogen (secondary N) is 4. The van der Waals surface area contributed by atoms with E-state index >= 15 is 0 Å². The number of nitro benzene ring substituents is 1. The summed E-state index contributed by atoms with van der Waals surface area (Å²) in [6, 6.07) is 13.8. The number of nitrogens with two attached hydrogens (primary N) is 2. The van der Waals surface area contributed by atoms with Crippen LogP contribution in [0.5, 0.6) is 23.3 Å². The fourth-order valence-electron chi connectivity index (χ4n) is 4.80. The van der Waals surface area contributed by atoms with Gasteiger partial charge in [-0.15, -0.1) is 0 Å². The normalized spacial score (nSPS) is 11.7. The standard InChI is InChI=1S/C15H18N6O6S.C12H9ClN2O3.C8H14ClN5.C5H12NO4P/c1-21(2)13(22)9-6-5-7-16-12(9)28(24,25)20-15(23)19-14-17-10(26-3)8-11(18-14)27-4;13-11-10(18-8-4-2-1-3-5-8)7-6-9(12(11)14)15(16)17;1-4-10-7-12-6(9)13-8(14-7)11-5(2)3;1-11(9,10)3-2-4(6)5(7)8/h5-8H,1-4H3,(H2,17,18,19,20,23);1-7H,14H2;5H,4H2,1-3H3,(H2,10,11,12,13,14);4H,2-3,6H2,1H3,(H,7,8)(H,9,10). The number of hydrogen-bond acceptors (Lipinski definition) is 21. The first-order valence-electron chi connectivity index (χ1n) is 20.3. The van der Waals surface area contributed by atoms with Gasteiger partial charge in [-0.05, 0) is 69.1 Å². The molecule has 10 N–H and O–H groups in total. The lowest BCUT2D eigenvalue weighted by atomic mass is 10.2. The SMILES string of the molecule is CCNc1nc(Cl)nc(NC(C)C)n1.COc1cc(OC)nc(NC(=O)NS(=O)(=O)c2ncccc2C(=O)N(C)C)n1.CP(=O)(O)CCC(N)C(=O)O.Nc1c([N+](=O)[O-])ccc(Oc2ccccc2)c1Cl. The van der Waals surface area contributed by atoms with Crippen LogP contribution in [-0.2, 0) is 19.4 Å². The molecule has 0 radical (unpaired) electrons. The average Bonchev–Trinajstić information content (AvgIpc) is 3.29. The number of aromatic nitrogens is 6. The van der Waals surface area contributed by atoms with Crippen LogP contribution in [0.4, 0.5) is 34.0 Å². The van der Waals surface area contributed by atoms with E-state index in [-0.39, 0.29) is 69.3 Å². The number of nitrogen functional groups attached to an aromatic ring is 1. The number of pyridine rings is 1. The van der Waals surface area contributed by atoms with Crippen molar-refractivity contribution >= 4 is 87.7 Å². The Morgan fingerprint density at radius 2 is 1.55 bits per heavy atom. The third-order valence-electron chi connectivity index (χ3n) is 8.03. The second kappa shape index (κ2) is 28.4. The minimum absolute atomic E-state index is 0.0352. The lowest BCUT2D eigenvalue weighted by Gasteiger charge is -2.14. The number of carboxylic acids is 1. The number of hydrogen-bond donors (Lipinski definition) is 8. The van der Waals surface area contributed by atoms with E-state index < -0.39 is 51.3 Å². The average molecular weight is 1070 g/mol. The number of ether oxygens (including phenoxy) is 3. The van der Waals surface area contributed by atoms with E-state index in [0.717, 1.165) is 6.54 Å². The van der Waals surface area contributed by atoms with Crippen LogP contribution in [0, 0.1) is 10.1 Å². The molecule has 386 valence electrons. The fraction of sp³-hybridized carbons (Fsp3) is 0.325. The van der Waals surface area contributed by atoms with Crippen LogP contribution >= 0.6 is 30.6 Å². The number of urea groups is 1. The van der Waals surface area contributed by atoms with Crippen molar-refractivity contribution < 1.29 is 56.5 Å². The molecule has 5 rings (SSSR count). The molecule has 0 aliphatic heterocycles. The van der Waals surface area contributed by atoms with Crippen LogP contribution in [-0.4, -0.2) is 136 Å². The minimum Gasteiger partial charge on any atom is -0.481 e. The summed E-state index contributed by atoms with van der Waals surface area (Å²) in [4.78, 5) is 77.9. The number of carbonyl (C=O) groups excluding carboxylic acids is 2. The van der Waals surface area contributed by atoms with Crippen molar-refractivity contribution in [3.63, 3.8) is 0 Å². The third-order valence-corrected chi connectivity index (χ3v) is 11.0. The molecule has 5 aromatic rings. The first-order valence-corrected chi connectivity index (χ1v) is 24.9. The number of halogens is 2. The van der Waals surface area contributed by atoms with Crippen molar-refractivity contribution in [3.8, 4) is 23.3 Å². The Bertz CT molecular complexity index is 2740. The molecule has 0 aliphatic rings. The number of carboxylic acid groups (broad SMARTS) is 1. The van der Waals surface area contributed by atoms with Crippen LogP contribution in [0.2, 0.25) is 10.3 Å². The van der Waals surface area contributed by atoms with Gasteiger partial charge in [0.2, 0.25) is 34.9 Å². The van der Waals surface area contributed by atoms with Gasteiger partial charge >= 0.3 is 12.0 Å². The van der Waals surface area contributed by atoms with Gasteiger partial charge in [0.15, 0.2) is 12.4 Å². The van der Waals surface area contributed by atoms with Crippen molar-refractivity contribution in [2.45, 2.75) is 44.3 Å². The van der Waals surface area contributed by atoms with Crippen LogP contribution in [0.1, 0.15) is 37.6 Å². The molecule has 27 nitrogen and oxygen atoms in total. The summed E-state index contributed by atoms with van der Waals surface area (Å²) in [7, 11) is -1.95. The predicted molar refractivity (Wildman–Crippen MR) is 264 cm³/mol. The Morgan fingerprint density at radius 1 is 0.944 bits per heavy atom. The molecule has 2 unspecified atom stereocenters. The molecule has 3 aromatic heterocycles. The fourth-order valence-corrected chi connectivity index (χ4v) is 6.96. The number of para-hydroxylation sites is 1. The second-order valence-electron chi connectivity index (χ2n) is 14.5. The van der Waals surface area contributed by atoms with Crippen LogP contribution in [0.25, 0.3) is 0 Å². The number of rotatable bonds is 17. The highest BCUT2D eigenvalue weighted by molar-refractivity contribution is 7.90. The molecule has 31 heteroatoms. The van der Waals surface area contributed by atoms with Crippen LogP contribution < -0.4 is 46.4 Å². The van der Waals surface area contributed by atoms with Gasteiger partial charge in [-0.1, -0.05) is 29.8 Å². The Balaban J connectivity index is 0.000000347. The number of nitro groups is 1. The van der Waals surface area contributed by atoms with E-state index in [1.165, 1.54) is 76.4 Å². The zero-order valence-corrected chi connectivity index (χ0v) is 42.6. The number of methoxy groups -OCH3 is 2. The largest absolute Gasteiger partial charge is 0.481 e. The number of aliphatic carboxylic acids is 1. The van der Waals surface area contributed by atoms with Crippen LogP contribution in [0.15, 0.2) is 71.9 Å². The summed E-state index contributed by atoms with van der Waals surface area (Å²) < 4.78 is 52.8. The lowest BCUT2D eigenvalue weighted by molar-refractivity contribution is -0.383. The monoisotopic (exact) mass is 1070 g/mol. The summed E-state index contributed by atoms with van der Waals surface area (Å²) in [5.74, 6) is 0.0510. The maximum Gasteiger partial charge on any atom is 0.335 e. The number of carbonyl (C=O) groups is 3. The van der Waals surface area contributed by atoms with Gasteiger partial charge in [0, 0.05) is 51.8 Å². The molecule has 0 aliphatic carbocycles. The molecular weight excluding hydrogens is 1020 g/mol. The number of sulfonamides is 1. The molecule has 71 heavy (non-hydrogen) atoms. The summed E-state index contributed by atoms with van der Waals surface area (Å²) in [6.07, 6.45) is 1.19. The molecule has 3 amide bonds. The first kappa shape index (κ1) is 59.9. The van der Waals surface area contributed by atoms with Gasteiger partial charge in [-0.2, -0.15) is 33.3 Å². The molecule has 2 aromatic carbocycles.